The first kappa shape index (κ1) is 14.9. The second kappa shape index (κ2) is 6.27. The minimum Gasteiger partial charge on any atom is -0.349 e. The molecule has 0 aliphatic heterocycles. The molecule has 0 radical (unpaired) electrons. The van der Waals surface area contributed by atoms with Crippen LogP contribution in [-0.2, 0) is 0 Å². The van der Waals surface area contributed by atoms with Crippen molar-refractivity contribution in [2.24, 2.45) is 11.8 Å². The van der Waals surface area contributed by atoms with Crippen LogP contribution in [0.3, 0.4) is 0 Å². The molecular weight excluding hydrogens is 326 g/mol. The molecule has 104 valence electrons. The molecule has 0 heterocycles. The molecule has 0 spiro atoms. The fourth-order valence-electron chi connectivity index (χ4n) is 2.72. The van der Waals surface area contributed by atoms with Crippen LogP contribution in [0.1, 0.15) is 43.5 Å². The number of rotatable bonds is 2. The lowest BCUT2D eigenvalue weighted by atomic mass is 9.78. The molecule has 2 nitrogen and oxygen atoms in total. The van der Waals surface area contributed by atoms with Gasteiger partial charge in [-0.2, -0.15) is 0 Å². The number of halogens is 2. The average molecular weight is 345 g/mol. The summed E-state index contributed by atoms with van der Waals surface area (Å²) in [7, 11) is 0. The highest BCUT2D eigenvalue weighted by molar-refractivity contribution is 9.10. The van der Waals surface area contributed by atoms with Crippen LogP contribution in [0.15, 0.2) is 22.7 Å². The van der Waals surface area contributed by atoms with Gasteiger partial charge in [-0.1, -0.05) is 54.2 Å². The topological polar surface area (TPSA) is 29.1 Å². The summed E-state index contributed by atoms with van der Waals surface area (Å²) in [6.45, 7) is 4.49. The smallest absolute Gasteiger partial charge is 0.251 e. The molecule has 1 fully saturated rings. The Bertz CT molecular complexity index is 457. The lowest BCUT2D eigenvalue weighted by Gasteiger charge is -2.34. The third-order valence-electron chi connectivity index (χ3n) is 4.15. The van der Waals surface area contributed by atoms with Crippen molar-refractivity contribution in [1.29, 1.82) is 0 Å². The Morgan fingerprint density at radius 2 is 2.05 bits per heavy atom. The van der Waals surface area contributed by atoms with Crippen molar-refractivity contribution in [1.82, 2.24) is 5.32 Å². The van der Waals surface area contributed by atoms with E-state index in [1.54, 1.807) is 18.2 Å². The van der Waals surface area contributed by atoms with E-state index in [1.165, 1.54) is 12.8 Å². The lowest BCUT2D eigenvalue weighted by Crippen LogP contribution is -2.43. The van der Waals surface area contributed by atoms with E-state index in [9.17, 15) is 4.79 Å². The molecule has 1 aliphatic carbocycles. The summed E-state index contributed by atoms with van der Waals surface area (Å²) in [5, 5.41) is 3.73. The maximum atomic E-state index is 12.3. The van der Waals surface area contributed by atoms with Crippen LogP contribution in [0.2, 0.25) is 5.02 Å². The second-order valence-electron chi connectivity index (χ2n) is 5.51. The van der Waals surface area contributed by atoms with Crippen molar-refractivity contribution in [2.75, 3.05) is 0 Å². The molecule has 1 N–H and O–H groups in total. The molecule has 3 unspecified atom stereocenters. The average Bonchev–Trinajstić information content (AvgIpc) is 2.33. The quantitative estimate of drug-likeness (QED) is 0.831. The van der Waals surface area contributed by atoms with Gasteiger partial charge in [-0.15, -0.1) is 0 Å². The Morgan fingerprint density at radius 1 is 1.32 bits per heavy atom. The van der Waals surface area contributed by atoms with Crippen molar-refractivity contribution in [2.45, 2.75) is 39.2 Å². The van der Waals surface area contributed by atoms with Gasteiger partial charge >= 0.3 is 0 Å². The predicted octanol–water partition coefficient (Wildman–Crippen LogP) is 4.66. The zero-order chi connectivity index (χ0) is 14.0. The molecule has 0 bridgehead atoms. The molecule has 0 aromatic heterocycles. The molecule has 1 saturated carbocycles. The van der Waals surface area contributed by atoms with Crippen LogP contribution < -0.4 is 5.32 Å². The van der Waals surface area contributed by atoms with Gasteiger partial charge in [0.25, 0.3) is 5.91 Å². The second-order valence-corrected chi connectivity index (χ2v) is 6.86. The van der Waals surface area contributed by atoms with Crippen LogP contribution in [0, 0.1) is 11.8 Å². The van der Waals surface area contributed by atoms with E-state index in [0.717, 1.165) is 10.9 Å². The van der Waals surface area contributed by atoms with E-state index in [4.69, 9.17) is 11.6 Å². The van der Waals surface area contributed by atoms with Crippen LogP contribution in [-0.4, -0.2) is 11.9 Å². The van der Waals surface area contributed by atoms with E-state index in [0.29, 0.717) is 22.4 Å². The summed E-state index contributed by atoms with van der Waals surface area (Å²) in [5.74, 6) is 1.17. The Hall–Kier alpha value is -0.540. The predicted molar refractivity (Wildman–Crippen MR) is 82.6 cm³/mol. The number of nitrogens with one attached hydrogen (secondary N) is 1. The van der Waals surface area contributed by atoms with Crippen molar-refractivity contribution in [3.05, 3.63) is 33.3 Å². The zero-order valence-corrected chi connectivity index (χ0v) is 13.6. The van der Waals surface area contributed by atoms with Gasteiger partial charge in [-0.3, -0.25) is 4.79 Å². The maximum Gasteiger partial charge on any atom is 0.251 e. The van der Waals surface area contributed by atoms with E-state index < -0.39 is 0 Å². The molecular formula is C15H19BrClNO. The third-order valence-corrected chi connectivity index (χ3v) is 4.82. The molecule has 2 rings (SSSR count). The molecule has 3 atom stereocenters. The molecule has 1 aromatic carbocycles. The first-order valence-corrected chi connectivity index (χ1v) is 7.91. The first-order chi connectivity index (χ1) is 8.97. The van der Waals surface area contributed by atoms with Crippen molar-refractivity contribution >= 4 is 33.4 Å². The highest BCUT2D eigenvalue weighted by Gasteiger charge is 2.28. The molecule has 19 heavy (non-hydrogen) atoms. The summed E-state index contributed by atoms with van der Waals surface area (Å²) in [4.78, 5) is 12.3. The number of hydrogen-bond acceptors (Lipinski definition) is 1. The van der Waals surface area contributed by atoms with Crippen LogP contribution in [0.4, 0.5) is 0 Å². The minimum absolute atomic E-state index is 0.0332. The zero-order valence-electron chi connectivity index (χ0n) is 11.2. The molecule has 0 saturated heterocycles. The lowest BCUT2D eigenvalue weighted by molar-refractivity contribution is 0.0891. The fourth-order valence-corrected chi connectivity index (χ4v) is 3.58. The van der Waals surface area contributed by atoms with E-state index in [2.05, 4.69) is 35.1 Å². The fraction of sp³-hybridized carbons (Fsp3) is 0.533. The van der Waals surface area contributed by atoms with Gasteiger partial charge in [0.05, 0.1) is 0 Å². The SMILES string of the molecule is CC1CCCC(NC(=O)c2cc(Cl)cc(Br)c2)C1C. The highest BCUT2D eigenvalue weighted by atomic mass is 79.9. The molecule has 4 heteroatoms. The maximum absolute atomic E-state index is 12.3. The Balaban J connectivity index is 2.08. The number of carbonyl (C=O) groups is 1. The number of benzene rings is 1. The Labute approximate surface area is 128 Å². The van der Waals surface area contributed by atoms with Gasteiger partial charge in [0.15, 0.2) is 0 Å². The summed E-state index contributed by atoms with van der Waals surface area (Å²) in [6, 6.07) is 5.56. The number of hydrogen-bond donors (Lipinski definition) is 1. The van der Waals surface area contributed by atoms with Gasteiger partial charge in [-0.25, -0.2) is 0 Å². The largest absolute Gasteiger partial charge is 0.349 e. The van der Waals surface area contributed by atoms with Crippen LogP contribution >= 0.6 is 27.5 Å². The Kier molecular flexibility index (Phi) is 4.91. The standard InChI is InChI=1S/C15H19BrClNO/c1-9-4-3-5-14(10(9)2)18-15(19)11-6-12(16)8-13(17)7-11/h6-10,14H,3-5H2,1-2H3,(H,18,19). The first-order valence-electron chi connectivity index (χ1n) is 6.74. The van der Waals surface area contributed by atoms with Crippen LogP contribution in [0.25, 0.3) is 0 Å². The van der Waals surface area contributed by atoms with E-state index in [-0.39, 0.29) is 11.9 Å². The van der Waals surface area contributed by atoms with Crippen LogP contribution in [0.5, 0.6) is 0 Å². The summed E-state index contributed by atoms with van der Waals surface area (Å²) in [6.07, 6.45) is 3.52. The van der Waals surface area contributed by atoms with E-state index in [1.807, 2.05) is 0 Å². The third kappa shape index (κ3) is 3.73. The van der Waals surface area contributed by atoms with Crippen molar-refractivity contribution < 1.29 is 4.79 Å². The summed E-state index contributed by atoms with van der Waals surface area (Å²) < 4.78 is 0.829. The minimum atomic E-state index is -0.0332. The van der Waals surface area contributed by atoms with E-state index >= 15 is 0 Å². The number of amides is 1. The number of carbonyl (C=O) groups excluding carboxylic acids is 1. The van der Waals surface area contributed by atoms with Crippen molar-refractivity contribution in [3.8, 4) is 0 Å². The Morgan fingerprint density at radius 3 is 2.74 bits per heavy atom. The molecule has 1 amide bonds. The monoisotopic (exact) mass is 343 g/mol. The van der Waals surface area contributed by atoms with Gasteiger partial charge in [0.2, 0.25) is 0 Å². The van der Waals surface area contributed by atoms with Gasteiger partial charge in [0, 0.05) is 21.1 Å². The summed E-state index contributed by atoms with van der Waals surface area (Å²) >= 11 is 9.34. The molecule has 1 aliphatic rings. The van der Waals surface area contributed by atoms with Gasteiger partial charge in [0.1, 0.15) is 0 Å². The summed E-state index contributed by atoms with van der Waals surface area (Å²) in [5.41, 5.74) is 0.616. The van der Waals surface area contributed by atoms with Crippen molar-refractivity contribution in [3.63, 3.8) is 0 Å². The molecule has 1 aromatic rings. The van der Waals surface area contributed by atoms with Gasteiger partial charge in [-0.05, 0) is 36.5 Å². The highest BCUT2D eigenvalue weighted by Crippen LogP contribution is 2.30. The van der Waals surface area contributed by atoms with Gasteiger partial charge < -0.3 is 5.32 Å². The normalized spacial score (nSPS) is 27.1.